The number of aromatic nitrogens is 3. The van der Waals surface area contributed by atoms with E-state index in [1.165, 1.54) is 0 Å². The molecule has 0 saturated carbocycles. The number of hydrogen-bond acceptors (Lipinski definition) is 9. The summed E-state index contributed by atoms with van der Waals surface area (Å²) in [5.74, 6) is 3.30. The second-order valence-electron chi connectivity index (χ2n) is 15.8. The van der Waals surface area contributed by atoms with Gasteiger partial charge in [-0.25, -0.2) is 4.68 Å². The summed E-state index contributed by atoms with van der Waals surface area (Å²) in [4.78, 5) is 47.7. The first-order valence-corrected chi connectivity index (χ1v) is 20.4. The molecular formula is C50H40N6O6. The molecule has 12 heteroatoms. The number of anilines is 1. The summed E-state index contributed by atoms with van der Waals surface area (Å²) in [5, 5.41) is 36.4. The molecule has 4 heterocycles. The van der Waals surface area contributed by atoms with Crippen LogP contribution in [0.3, 0.4) is 0 Å². The number of phenols is 1. The molecule has 2 saturated heterocycles. The van der Waals surface area contributed by atoms with Crippen molar-refractivity contribution < 1.29 is 29.3 Å². The molecule has 6 aromatic carbocycles. The van der Waals surface area contributed by atoms with Crippen molar-refractivity contribution in [1.29, 1.82) is 0 Å². The molecule has 2 fully saturated rings. The number of cyclic esters (lactones) is 1. The highest BCUT2D eigenvalue weighted by atomic mass is 16.6. The Labute approximate surface area is 356 Å². The predicted molar refractivity (Wildman–Crippen MR) is 230 cm³/mol. The van der Waals surface area contributed by atoms with E-state index in [1.54, 1.807) is 65.3 Å². The summed E-state index contributed by atoms with van der Waals surface area (Å²) in [5.41, 5.74) is 4.06. The predicted octanol–water partition coefficient (Wildman–Crippen LogP) is 6.31. The zero-order valence-electron chi connectivity index (χ0n) is 33.2. The van der Waals surface area contributed by atoms with E-state index in [0.717, 1.165) is 22.2 Å². The van der Waals surface area contributed by atoms with Crippen molar-refractivity contribution in [2.45, 2.75) is 42.3 Å². The number of para-hydroxylation sites is 1. The van der Waals surface area contributed by atoms with Crippen molar-refractivity contribution in [3.8, 4) is 17.6 Å². The van der Waals surface area contributed by atoms with Crippen LogP contribution in [0.5, 0.6) is 5.75 Å². The molecule has 1 spiro atoms. The normalized spacial score (nSPS) is 23.1. The van der Waals surface area contributed by atoms with E-state index >= 15 is 14.4 Å². The average molecular weight is 821 g/mol. The molecule has 12 nitrogen and oxygen atoms in total. The molecule has 62 heavy (non-hydrogen) atoms. The Morgan fingerprint density at radius 3 is 2.23 bits per heavy atom. The largest absolute Gasteiger partial charge is 0.508 e. The van der Waals surface area contributed by atoms with Crippen LogP contribution in [-0.2, 0) is 31.1 Å². The number of carbonyl (C=O) groups is 3. The second kappa shape index (κ2) is 15.8. The van der Waals surface area contributed by atoms with Crippen molar-refractivity contribution in [2.75, 3.05) is 11.9 Å². The van der Waals surface area contributed by atoms with E-state index in [2.05, 4.69) is 32.8 Å². The van der Waals surface area contributed by atoms with Gasteiger partial charge in [-0.15, -0.1) is 5.10 Å². The maximum atomic E-state index is 15.4. The number of aliphatic hydroxyl groups excluding tert-OH is 1. The highest BCUT2D eigenvalue weighted by Gasteiger charge is 2.74. The van der Waals surface area contributed by atoms with Crippen molar-refractivity contribution in [3.63, 3.8) is 0 Å². The van der Waals surface area contributed by atoms with Gasteiger partial charge in [-0.1, -0.05) is 132 Å². The first kappa shape index (κ1) is 38.6. The van der Waals surface area contributed by atoms with E-state index < -0.39 is 59.5 Å². The molecule has 0 bridgehead atoms. The standard InChI is InChI=1S/C50H40N6O6/c57-36-25-23-35(24-26-36)46-50(37-29-31(22-27-38(37)52-49(50)61)13-12-28-55-40-21-11-10-20-39(40)53-54-55)42(47(59)51-30-41(58)32-14-4-1-5-15-32)44-48(60)62-45(34-18-8-3-9-19-34)43(56(44)46)33-16-6-2-7-17-33/h1-11,14-27,29,41-46,57-58H,28,30H2,(H,51,59)(H,52,61)/t41-,42+,43+,44+,45-,46-,50+/m0/s1. The Kier molecular flexibility index (Phi) is 9.83. The molecule has 0 radical (unpaired) electrons. The molecule has 7 atom stereocenters. The van der Waals surface area contributed by atoms with Gasteiger partial charge in [0.25, 0.3) is 0 Å². The van der Waals surface area contributed by atoms with Crippen LogP contribution in [0.2, 0.25) is 0 Å². The van der Waals surface area contributed by atoms with Gasteiger partial charge in [0, 0.05) is 17.8 Å². The van der Waals surface area contributed by atoms with Crippen LogP contribution in [0, 0.1) is 17.8 Å². The number of carbonyl (C=O) groups excluding carboxylic acids is 3. The van der Waals surface area contributed by atoms with Gasteiger partial charge in [0.05, 0.1) is 29.6 Å². The quantitative estimate of drug-likeness (QED) is 0.102. The minimum absolute atomic E-state index is 0.00959. The van der Waals surface area contributed by atoms with Gasteiger partial charge in [-0.05, 0) is 70.3 Å². The van der Waals surface area contributed by atoms with E-state index in [-0.39, 0.29) is 18.8 Å². The lowest BCUT2D eigenvalue weighted by molar-refractivity contribution is -0.178. The molecule has 0 aliphatic carbocycles. The molecule has 1 aromatic heterocycles. The number of amides is 2. The molecule has 10 rings (SSSR count). The van der Waals surface area contributed by atoms with Crippen LogP contribution in [0.25, 0.3) is 11.0 Å². The molecular weight excluding hydrogens is 781 g/mol. The number of esters is 1. The summed E-state index contributed by atoms with van der Waals surface area (Å²) >= 11 is 0. The molecule has 2 amide bonds. The number of nitrogens with zero attached hydrogens (tertiary/aromatic N) is 4. The van der Waals surface area contributed by atoms with Crippen molar-refractivity contribution in [3.05, 3.63) is 191 Å². The topological polar surface area (TPSA) is 159 Å². The third-order valence-electron chi connectivity index (χ3n) is 12.3. The zero-order valence-corrected chi connectivity index (χ0v) is 33.2. The van der Waals surface area contributed by atoms with Crippen LogP contribution in [-0.4, -0.2) is 60.5 Å². The number of aliphatic hydroxyl groups is 1. The average Bonchev–Trinajstić information content (AvgIpc) is 3.96. The Bertz CT molecular complexity index is 2880. The molecule has 7 aromatic rings. The fourth-order valence-electron chi connectivity index (χ4n) is 9.68. The Morgan fingerprint density at radius 1 is 0.806 bits per heavy atom. The monoisotopic (exact) mass is 820 g/mol. The lowest BCUT2D eigenvalue weighted by Gasteiger charge is -2.46. The van der Waals surface area contributed by atoms with Gasteiger partial charge in [-0.3, -0.25) is 19.3 Å². The minimum Gasteiger partial charge on any atom is -0.508 e. The number of hydrogen-bond donors (Lipinski definition) is 4. The van der Waals surface area contributed by atoms with E-state index in [4.69, 9.17) is 4.74 Å². The second-order valence-corrected chi connectivity index (χ2v) is 15.8. The van der Waals surface area contributed by atoms with Gasteiger partial charge in [-0.2, -0.15) is 0 Å². The van der Waals surface area contributed by atoms with Crippen LogP contribution < -0.4 is 10.6 Å². The Balaban J connectivity index is 1.17. The Morgan fingerprint density at radius 2 is 1.48 bits per heavy atom. The van der Waals surface area contributed by atoms with Gasteiger partial charge in [0.1, 0.15) is 35.4 Å². The summed E-state index contributed by atoms with van der Waals surface area (Å²) < 4.78 is 8.19. The van der Waals surface area contributed by atoms with Crippen LogP contribution in [0.15, 0.2) is 158 Å². The maximum absolute atomic E-state index is 15.4. The van der Waals surface area contributed by atoms with Crippen molar-refractivity contribution in [2.24, 2.45) is 5.92 Å². The molecule has 0 unspecified atom stereocenters. The number of fused-ring (bicyclic) bond motifs is 4. The fraction of sp³-hybridized carbons (Fsp3) is 0.180. The zero-order chi connectivity index (χ0) is 42.4. The lowest BCUT2D eigenvalue weighted by atomic mass is 9.65. The van der Waals surface area contributed by atoms with Crippen LogP contribution >= 0.6 is 0 Å². The van der Waals surface area contributed by atoms with Gasteiger partial charge >= 0.3 is 5.97 Å². The highest BCUT2D eigenvalue weighted by Crippen LogP contribution is 2.64. The maximum Gasteiger partial charge on any atom is 0.324 e. The van der Waals surface area contributed by atoms with Crippen LogP contribution in [0.4, 0.5) is 5.69 Å². The first-order valence-electron chi connectivity index (χ1n) is 20.4. The molecule has 3 aliphatic rings. The van der Waals surface area contributed by atoms with Crippen LogP contribution in [0.1, 0.15) is 57.7 Å². The van der Waals surface area contributed by atoms with Gasteiger partial charge in [0.2, 0.25) is 11.8 Å². The van der Waals surface area contributed by atoms with Gasteiger partial charge in [0.15, 0.2) is 0 Å². The highest BCUT2D eigenvalue weighted by molar-refractivity contribution is 6.12. The lowest BCUT2D eigenvalue weighted by Crippen LogP contribution is -2.55. The number of aromatic hydroxyl groups is 1. The molecule has 4 N–H and O–H groups in total. The fourth-order valence-corrected chi connectivity index (χ4v) is 9.68. The number of rotatable bonds is 8. The summed E-state index contributed by atoms with van der Waals surface area (Å²) in [6.45, 7) is 0.0545. The first-order chi connectivity index (χ1) is 30.3. The minimum atomic E-state index is -1.77. The van der Waals surface area contributed by atoms with Crippen molar-refractivity contribution in [1.82, 2.24) is 25.2 Å². The number of morpholine rings is 1. The summed E-state index contributed by atoms with van der Waals surface area (Å²) in [7, 11) is 0. The Hall–Kier alpha value is -7.59. The summed E-state index contributed by atoms with van der Waals surface area (Å²) in [6, 6.07) is 44.6. The number of benzene rings is 6. The van der Waals surface area contributed by atoms with E-state index in [1.807, 2.05) is 102 Å². The number of ether oxygens (including phenoxy) is 1. The van der Waals surface area contributed by atoms with Crippen molar-refractivity contribution >= 4 is 34.5 Å². The van der Waals surface area contributed by atoms with Gasteiger partial charge < -0.3 is 25.6 Å². The third-order valence-corrected chi connectivity index (χ3v) is 12.3. The molecule has 306 valence electrons. The van der Waals surface area contributed by atoms with E-state index in [9.17, 15) is 10.2 Å². The third kappa shape index (κ3) is 6.46. The summed E-state index contributed by atoms with van der Waals surface area (Å²) in [6.07, 6.45) is -1.91. The number of phenolic OH excluding ortho intramolecular Hbond substituents is 1. The SMILES string of the molecule is O=C1O[C@@H](c2ccccc2)[C@@H](c2ccccc2)N2[C@@H](c3ccc(O)cc3)[C@]3(C(=O)Nc4ccc(C#CCn5nnc6ccccc65)cc43)[C@@H](C(=O)NC[C@H](O)c3ccccc3)[C@H]12. The van der Waals surface area contributed by atoms with E-state index in [0.29, 0.717) is 27.9 Å². The smallest absolute Gasteiger partial charge is 0.324 e. The molecule has 3 aliphatic heterocycles. The number of nitrogens with one attached hydrogen (secondary N) is 2.